The molecule has 0 saturated carbocycles. The Kier molecular flexibility index (Phi) is 3.26. The van der Waals surface area contributed by atoms with Crippen molar-refractivity contribution < 1.29 is 9.53 Å². The molecule has 1 rings (SSSR count). The minimum absolute atomic E-state index is 0.787. The van der Waals surface area contributed by atoms with E-state index in [1.165, 1.54) is 6.08 Å². The van der Waals surface area contributed by atoms with Crippen molar-refractivity contribution in [2.24, 2.45) is 0 Å². The van der Waals surface area contributed by atoms with Crippen LogP contribution in [0.25, 0.3) is 5.57 Å². The molecule has 0 amide bonds. The Balaban J connectivity index is 3.01. The van der Waals surface area contributed by atoms with Gasteiger partial charge in [-0.2, -0.15) is 0 Å². The second kappa shape index (κ2) is 4.45. The summed E-state index contributed by atoms with van der Waals surface area (Å²) in [6.45, 7) is 1.89. The lowest BCUT2D eigenvalue weighted by Crippen LogP contribution is -1.85. The van der Waals surface area contributed by atoms with Crippen LogP contribution in [0.15, 0.2) is 30.3 Å². The van der Waals surface area contributed by atoms with Crippen molar-refractivity contribution in [1.29, 1.82) is 0 Å². The molecule has 0 radical (unpaired) electrons. The average Bonchev–Trinajstić information content (AvgIpc) is 2.18. The molecule has 0 bridgehead atoms. The lowest BCUT2D eigenvalue weighted by atomic mass is 10.1. The number of hydrogen-bond donors (Lipinski definition) is 0. The van der Waals surface area contributed by atoms with Gasteiger partial charge in [-0.25, -0.2) is 0 Å². The van der Waals surface area contributed by atoms with E-state index >= 15 is 0 Å². The van der Waals surface area contributed by atoms with Gasteiger partial charge >= 0.3 is 0 Å². The summed E-state index contributed by atoms with van der Waals surface area (Å²) < 4.78 is 5.07. The second-order valence-electron chi connectivity index (χ2n) is 2.72. The van der Waals surface area contributed by atoms with E-state index in [2.05, 4.69) is 0 Å². The number of benzene rings is 1. The molecular formula is C11H12O2. The van der Waals surface area contributed by atoms with Gasteiger partial charge in [-0.3, -0.25) is 4.79 Å². The first kappa shape index (κ1) is 9.52. The van der Waals surface area contributed by atoms with Crippen LogP contribution < -0.4 is 4.74 Å². The Bertz CT molecular complexity index is 327. The van der Waals surface area contributed by atoms with Crippen molar-refractivity contribution in [3.05, 3.63) is 35.9 Å². The van der Waals surface area contributed by atoms with E-state index in [1.54, 1.807) is 7.11 Å². The zero-order chi connectivity index (χ0) is 9.68. The van der Waals surface area contributed by atoms with Crippen LogP contribution in [0.1, 0.15) is 12.5 Å². The Morgan fingerprint density at radius 3 is 2.85 bits per heavy atom. The molecule has 0 fully saturated rings. The van der Waals surface area contributed by atoms with Crippen LogP contribution in [0.3, 0.4) is 0 Å². The number of ether oxygens (including phenoxy) is 1. The molecule has 0 saturated heterocycles. The molecule has 0 heterocycles. The standard InChI is InChI=1S/C11H12O2/c1-9(6-7-12)10-4-3-5-11(8-10)13-2/h3-8H,1-2H3/b9-6-. The molecule has 0 N–H and O–H groups in total. The Hall–Kier alpha value is -1.57. The van der Waals surface area contributed by atoms with Gasteiger partial charge in [0.05, 0.1) is 7.11 Å². The van der Waals surface area contributed by atoms with Crippen LogP contribution in [0, 0.1) is 0 Å². The summed E-state index contributed by atoms with van der Waals surface area (Å²) in [5.74, 6) is 0.802. The van der Waals surface area contributed by atoms with E-state index in [0.717, 1.165) is 23.2 Å². The fraction of sp³-hybridized carbons (Fsp3) is 0.182. The molecule has 1 aromatic carbocycles. The first-order valence-electron chi connectivity index (χ1n) is 4.04. The normalized spacial score (nSPS) is 11.1. The van der Waals surface area contributed by atoms with Crippen molar-refractivity contribution in [3.63, 3.8) is 0 Å². The quantitative estimate of drug-likeness (QED) is 0.521. The van der Waals surface area contributed by atoms with E-state index in [9.17, 15) is 4.79 Å². The zero-order valence-corrected chi connectivity index (χ0v) is 7.78. The highest BCUT2D eigenvalue weighted by Gasteiger charge is 1.96. The Labute approximate surface area is 77.8 Å². The molecule has 0 aliphatic heterocycles. The summed E-state index contributed by atoms with van der Waals surface area (Å²) in [5.41, 5.74) is 1.94. The monoisotopic (exact) mass is 176 g/mol. The van der Waals surface area contributed by atoms with Gasteiger partial charge in [0.2, 0.25) is 0 Å². The maximum Gasteiger partial charge on any atom is 0.143 e. The molecule has 0 spiro atoms. The van der Waals surface area contributed by atoms with Gasteiger partial charge in [-0.1, -0.05) is 12.1 Å². The molecular weight excluding hydrogens is 164 g/mol. The van der Waals surface area contributed by atoms with Crippen LogP contribution in [-0.2, 0) is 4.79 Å². The van der Waals surface area contributed by atoms with Gasteiger partial charge in [-0.15, -0.1) is 0 Å². The topological polar surface area (TPSA) is 26.3 Å². The number of rotatable bonds is 3. The molecule has 0 aromatic heterocycles. The molecule has 13 heavy (non-hydrogen) atoms. The van der Waals surface area contributed by atoms with Crippen LogP contribution in [0.5, 0.6) is 5.75 Å². The summed E-state index contributed by atoms with van der Waals surface area (Å²) in [7, 11) is 1.62. The zero-order valence-electron chi connectivity index (χ0n) is 7.78. The van der Waals surface area contributed by atoms with Gasteiger partial charge in [0, 0.05) is 0 Å². The van der Waals surface area contributed by atoms with Gasteiger partial charge in [0.25, 0.3) is 0 Å². The van der Waals surface area contributed by atoms with E-state index in [1.807, 2.05) is 31.2 Å². The van der Waals surface area contributed by atoms with Gasteiger partial charge < -0.3 is 4.74 Å². The third-order valence-electron chi connectivity index (χ3n) is 1.84. The van der Waals surface area contributed by atoms with Crippen molar-refractivity contribution >= 4 is 11.9 Å². The molecule has 0 unspecified atom stereocenters. The predicted molar refractivity (Wildman–Crippen MR) is 52.7 cm³/mol. The number of carbonyl (C=O) groups is 1. The van der Waals surface area contributed by atoms with Crippen LogP contribution >= 0.6 is 0 Å². The van der Waals surface area contributed by atoms with Crippen LogP contribution in [0.2, 0.25) is 0 Å². The number of methoxy groups -OCH3 is 1. The van der Waals surface area contributed by atoms with Crippen molar-refractivity contribution in [1.82, 2.24) is 0 Å². The number of carbonyl (C=O) groups excluding carboxylic acids is 1. The summed E-state index contributed by atoms with van der Waals surface area (Å²) in [4.78, 5) is 10.2. The van der Waals surface area contributed by atoms with Gasteiger partial charge in [0.15, 0.2) is 0 Å². The molecule has 0 atom stereocenters. The maximum absolute atomic E-state index is 10.2. The molecule has 2 nitrogen and oxygen atoms in total. The fourth-order valence-corrected chi connectivity index (χ4v) is 1.07. The van der Waals surface area contributed by atoms with Gasteiger partial charge in [0.1, 0.15) is 12.0 Å². The summed E-state index contributed by atoms with van der Waals surface area (Å²) in [6.07, 6.45) is 2.32. The van der Waals surface area contributed by atoms with E-state index in [4.69, 9.17) is 4.74 Å². The van der Waals surface area contributed by atoms with Crippen molar-refractivity contribution in [3.8, 4) is 5.75 Å². The summed E-state index contributed by atoms with van der Waals surface area (Å²) in [6, 6.07) is 7.61. The predicted octanol–water partition coefficient (Wildman–Crippen LogP) is 2.30. The average molecular weight is 176 g/mol. The molecule has 0 aliphatic carbocycles. The molecule has 68 valence electrons. The van der Waals surface area contributed by atoms with Crippen molar-refractivity contribution in [2.45, 2.75) is 6.92 Å². The smallest absolute Gasteiger partial charge is 0.143 e. The Morgan fingerprint density at radius 1 is 1.46 bits per heavy atom. The minimum Gasteiger partial charge on any atom is -0.497 e. The third kappa shape index (κ3) is 2.44. The third-order valence-corrected chi connectivity index (χ3v) is 1.84. The number of allylic oxidation sites excluding steroid dienone is 2. The van der Waals surface area contributed by atoms with E-state index in [-0.39, 0.29) is 0 Å². The molecule has 1 aromatic rings. The van der Waals surface area contributed by atoms with E-state index < -0.39 is 0 Å². The molecule has 0 aliphatic rings. The largest absolute Gasteiger partial charge is 0.497 e. The maximum atomic E-state index is 10.2. The van der Waals surface area contributed by atoms with E-state index in [0.29, 0.717) is 0 Å². The highest BCUT2D eigenvalue weighted by Crippen LogP contribution is 2.18. The first-order valence-corrected chi connectivity index (χ1v) is 4.04. The van der Waals surface area contributed by atoms with Crippen molar-refractivity contribution in [2.75, 3.05) is 7.11 Å². The lowest BCUT2D eigenvalue weighted by Gasteiger charge is -2.03. The Morgan fingerprint density at radius 2 is 2.23 bits per heavy atom. The number of aldehydes is 1. The fourth-order valence-electron chi connectivity index (χ4n) is 1.07. The SMILES string of the molecule is COc1cccc(/C(C)=C\C=O)c1. The summed E-state index contributed by atoms with van der Waals surface area (Å²) >= 11 is 0. The lowest BCUT2D eigenvalue weighted by molar-refractivity contribution is -0.104. The van der Waals surface area contributed by atoms with Crippen LogP contribution in [0.4, 0.5) is 0 Å². The number of hydrogen-bond acceptors (Lipinski definition) is 2. The van der Waals surface area contributed by atoms with Gasteiger partial charge in [-0.05, 0) is 36.3 Å². The minimum atomic E-state index is 0.787. The highest BCUT2D eigenvalue weighted by molar-refractivity contribution is 5.80. The first-order chi connectivity index (χ1) is 6.27. The highest BCUT2D eigenvalue weighted by atomic mass is 16.5. The van der Waals surface area contributed by atoms with Crippen LogP contribution in [-0.4, -0.2) is 13.4 Å². The molecule has 2 heteroatoms. The summed E-state index contributed by atoms with van der Waals surface area (Å²) in [5, 5.41) is 0. The second-order valence-corrected chi connectivity index (χ2v) is 2.72.